The van der Waals surface area contributed by atoms with E-state index in [0.717, 1.165) is 0 Å². The molecular weight excluding hydrogens is 250 g/mol. The number of hydrogen-bond acceptors (Lipinski definition) is 6. The van der Waals surface area contributed by atoms with Crippen LogP contribution in [-0.2, 0) is 0 Å². The first-order valence-electron chi connectivity index (χ1n) is 6.08. The van der Waals surface area contributed by atoms with Gasteiger partial charge in [-0.1, -0.05) is 13.8 Å². The van der Waals surface area contributed by atoms with Gasteiger partial charge in [0.1, 0.15) is 5.82 Å². The van der Waals surface area contributed by atoms with Gasteiger partial charge in [0.15, 0.2) is 5.69 Å². The highest BCUT2D eigenvalue weighted by molar-refractivity contribution is 5.92. The van der Waals surface area contributed by atoms with Crippen molar-refractivity contribution >= 4 is 11.7 Å². The van der Waals surface area contributed by atoms with Gasteiger partial charge in [-0.3, -0.25) is 0 Å². The molecule has 0 spiro atoms. The zero-order valence-electron chi connectivity index (χ0n) is 11.1. The number of carboxylic acid groups (broad SMARTS) is 1. The third-order valence-corrected chi connectivity index (χ3v) is 2.59. The van der Waals surface area contributed by atoms with Gasteiger partial charge in [-0.15, -0.1) is 0 Å². The van der Waals surface area contributed by atoms with E-state index < -0.39 is 5.97 Å². The first-order valence-corrected chi connectivity index (χ1v) is 6.08. The summed E-state index contributed by atoms with van der Waals surface area (Å²) in [5, 5.41) is 27.2. The maximum absolute atomic E-state index is 11.3. The fourth-order valence-electron chi connectivity index (χ4n) is 1.65. The molecule has 7 heteroatoms. The number of carbonyl (C=O) groups is 1. The van der Waals surface area contributed by atoms with Crippen molar-refractivity contribution in [3.05, 3.63) is 17.7 Å². The molecule has 19 heavy (non-hydrogen) atoms. The van der Waals surface area contributed by atoms with E-state index in [9.17, 15) is 9.90 Å². The lowest BCUT2D eigenvalue weighted by Gasteiger charge is -2.24. The van der Waals surface area contributed by atoms with Crippen LogP contribution in [0.4, 0.5) is 5.69 Å². The van der Waals surface area contributed by atoms with Gasteiger partial charge in [0.2, 0.25) is 0 Å². The van der Waals surface area contributed by atoms with Gasteiger partial charge in [0, 0.05) is 19.0 Å². The fourth-order valence-corrected chi connectivity index (χ4v) is 1.65. The number of anilines is 1. The van der Waals surface area contributed by atoms with Crippen molar-refractivity contribution < 1.29 is 20.1 Å². The summed E-state index contributed by atoms with van der Waals surface area (Å²) in [7, 11) is 0. The highest BCUT2D eigenvalue weighted by Gasteiger charge is 2.19. The Bertz CT molecular complexity index is 431. The standard InChI is InChI=1S/C12H19N3O4/c1-8(2)11-13-7-9(10(14-11)12(18)19)15(3-5-16)4-6-17/h7-8,16-17H,3-6H2,1-2H3,(H,18,19). The molecule has 1 aromatic heterocycles. The minimum absolute atomic E-state index is 0.0243. The third-order valence-electron chi connectivity index (χ3n) is 2.59. The molecule has 0 unspecified atom stereocenters. The molecule has 0 bridgehead atoms. The van der Waals surface area contributed by atoms with E-state index in [4.69, 9.17) is 10.2 Å². The van der Waals surface area contributed by atoms with E-state index in [1.54, 1.807) is 4.90 Å². The van der Waals surface area contributed by atoms with Gasteiger partial charge < -0.3 is 20.2 Å². The molecular formula is C12H19N3O4. The van der Waals surface area contributed by atoms with E-state index in [2.05, 4.69) is 9.97 Å². The van der Waals surface area contributed by atoms with E-state index in [-0.39, 0.29) is 37.9 Å². The molecule has 1 aromatic rings. The summed E-state index contributed by atoms with van der Waals surface area (Å²) in [5.74, 6) is -0.675. The van der Waals surface area contributed by atoms with Crippen LogP contribution in [0.5, 0.6) is 0 Å². The SMILES string of the molecule is CC(C)c1ncc(N(CCO)CCO)c(C(=O)O)n1. The number of aliphatic hydroxyl groups excluding tert-OH is 2. The van der Waals surface area contributed by atoms with Gasteiger partial charge in [-0.25, -0.2) is 14.8 Å². The van der Waals surface area contributed by atoms with Crippen LogP contribution in [0.25, 0.3) is 0 Å². The van der Waals surface area contributed by atoms with Gasteiger partial charge >= 0.3 is 5.97 Å². The smallest absolute Gasteiger partial charge is 0.356 e. The summed E-state index contributed by atoms with van der Waals surface area (Å²) < 4.78 is 0. The first kappa shape index (κ1) is 15.3. The number of hydrogen-bond donors (Lipinski definition) is 3. The van der Waals surface area contributed by atoms with Gasteiger partial charge in [-0.05, 0) is 0 Å². The number of carboxylic acids is 1. The number of aromatic carboxylic acids is 1. The van der Waals surface area contributed by atoms with E-state index in [1.165, 1.54) is 6.20 Å². The molecule has 1 rings (SSSR count). The summed E-state index contributed by atoms with van der Waals surface area (Å²) >= 11 is 0. The van der Waals surface area contributed by atoms with Crippen molar-refractivity contribution in [2.75, 3.05) is 31.2 Å². The highest BCUT2D eigenvalue weighted by Crippen LogP contribution is 2.20. The van der Waals surface area contributed by atoms with Crippen molar-refractivity contribution in [3.8, 4) is 0 Å². The average molecular weight is 269 g/mol. The van der Waals surface area contributed by atoms with Crippen LogP contribution >= 0.6 is 0 Å². The summed E-state index contributed by atoms with van der Waals surface area (Å²) in [5.41, 5.74) is 0.195. The zero-order chi connectivity index (χ0) is 14.4. The number of rotatable bonds is 7. The lowest BCUT2D eigenvalue weighted by Crippen LogP contribution is -2.32. The average Bonchev–Trinajstić information content (AvgIpc) is 2.37. The van der Waals surface area contributed by atoms with Crippen LogP contribution in [0, 0.1) is 0 Å². The Labute approximate surface area is 111 Å². The molecule has 7 nitrogen and oxygen atoms in total. The Hall–Kier alpha value is -1.73. The van der Waals surface area contributed by atoms with E-state index >= 15 is 0 Å². The Balaban J connectivity index is 3.20. The maximum Gasteiger partial charge on any atom is 0.356 e. The summed E-state index contributed by atoms with van der Waals surface area (Å²) in [4.78, 5) is 21.0. The molecule has 0 aliphatic heterocycles. The second kappa shape index (κ2) is 7.01. The van der Waals surface area contributed by atoms with E-state index in [0.29, 0.717) is 11.5 Å². The third kappa shape index (κ3) is 3.87. The Morgan fingerprint density at radius 1 is 1.32 bits per heavy atom. The second-order valence-corrected chi connectivity index (χ2v) is 4.36. The quantitative estimate of drug-likeness (QED) is 0.644. The molecule has 0 atom stereocenters. The van der Waals surface area contributed by atoms with Crippen molar-refractivity contribution in [1.82, 2.24) is 9.97 Å². The van der Waals surface area contributed by atoms with Crippen LogP contribution < -0.4 is 4.90 Å². The highest BCUT2D eigenvalue weighted by atomic mass is 16.4. The zero-order valence-corrected chi connectivity index (χ0v) is 11.1. The largest absolute Gasteiger partial charge is 0.476 e. The van der Waals surface area contributed by atoms with Crippen molar-refractivity contribution in [2.24, 2.45) is 0 Å². The molecule has 0 aliphatic carbocycles. The van der Waals surface area contributed by atoms with E-state index in [1.807, 2.05) is 13.8 Å². The topological polar surface area (TPSA) is 107 Å². The Morgan fingerprint density at radius 2 is 1.89 bits per heavy atom. The van der Waals surface area contributed by atoms with Crippen LogP contribution in [0.1, 0.15) is 36.1 Å². The van der Waals surface area contributed by atoms with Gasteiger partial charge in [0.25, 0.3) is 0 Å². The van der Waals surface area contributed by atoms with Crippen molar-refractivity contribution in [3.63, 3.8) is 0 Å². The Kier molecular flexibility index (Phi) is 5.65. The molecule has 0 aliphatic rings. The Morgan fingerprint density at radius 3 is 2.32 bits per heavy atom. The molecule has 0 aromatic carbocycles. The predicted octanol–water partition coefficient (Wildman–Crippen LogP) is 0.0892. The van der Waals surface area contributed by atoms with Gasteiger partial charge in [-0.2, -0.15) is 0 Å². The summed E-state index contributed by atoms with van der Waals surface area (Å²) in [6, 6.07) is 0. The van der Waals surface area contributed by atoms with Crippen LogP contribution in [0.15, 0.2) is 6.20 Å². The van der Waals surface area contributed by atoms with Gasteiger partial charge in [0.05, 0.1) is 25.1 Å². The molecule has 0 saturated heterocycles. The molecule has 1 heterocycles. The fraction of sp³-hybridized carbons (Fsp3) is 0.583. The molecule has 106 valence electrons. The number of nitrogens with zero attached hydrogens (tertiary/aromatic N) is 3. The normalized spacial score (nSPS) is 10.8. The minimum atomic E-state index is -1.15. The van der Waals surface area contributed by atoms with Crippen LogP contribution in [0.2, 0.25) is 0 Å². The van der Waals surface area contributed by atoms with Crippen molar-refractivity contribution in [2.45, 2.75) is 19.8 Å². The lowest BCUT2D eigenvalue weighted by atomic mass is 10.2. The predicted molar refractivity (Wildman–Crippen MR) is 69.5 cm³/mol. The summed E-state index contributed by atoms with van der Waals surface area (Å²) in [6.07, 6.45) is 1.43. The first-order chi connectivity index (χ1) is 9.01. The van der Waals surface area contributed by atoms with Crippen LogP contribution in [0.3, 0.4) is 0 Å². The molecule has 0 fully saturated rings. The molecule has 0 radical (unpaired) electrons. The number of aliphatic hydroxyl groups is 2. The molecule has 0 saturated carbocycles. The monoisotopic (exact) mass is 269 g/mol. The molecule has 3 N–H and O–H groups in total. The number of aromatic nitrogens is 2. The van der Waals surface area contributed by atoms with Crippen molar-refractivity contribution in [1.29, 1.82) is 0 Å². The maximum atomic E-state index is 11.3. The lowest BCUT2D eigenvalue weighted by molar-refractivity contribution is 0.0690. The summed E-state index contributed by atoms with van der Waals surface area (Å²) in [6.45, 7) is 3.88. The molecule has 0 amide bonds. The van der Waals surface area contributed by atoms with Crippen LogP contribution in [-0.4, -0.2) is 57.6 Å². The minimum Gasteiger partial charge on any atom is -0.476 e. The second-order valence-electron chi connectivity index (χ2n) is 4.36.